The van der Waals surface area contributed by atoms with Crippen LogP contribution in [-0.4, -0.2) is 11.7 Å². The minimum Gasteiger partial charge on any atom is -0.396 e. The van der Waals surface area contributed by atoms with Crippen molar-refractivity contribution in [1.29, 1.82) is 0 Å². The zero-order valence-electron chi connectivity index (χ0n) is 9.84. The molecule has 0 aromatic carbocycles. The first-order chi connectivity index (χ1) is 6.85. The Balaban J connectivity index is 3.55. The first-order valence-electron chi connectivity index (χ1n) is 6.08. The summed E-state index contributed by atoms with van der Waals surface area (Å²) in [6.45, 7) is 4.69. The van der Waals surface area contributed by atoms with Crippen LogP contribution in [0.3, 0.4) is 0 Å². The normalized spacial score (nSPS) is 13.6. The van der Waals surface area contributed by atoms with Crippen LogP contribution in [-0.2, 0) is 0 Å². The highest BCUT2D eigenvalue weighted by molar-refractivity contribution is 4.85. The van der Waals surface area contributed by atoms with Crippen molar-refractivity contribution in [3.05, 3.63) is 12.2 Å². The second-order valence-electron chi connectivity index (χ2n) is 4.00. The van der Waals surface area contributed by atoms with E-state index in [2.05, 4.69) is 26.0 Å². The standard InChI is InChI=1S/C13H26O/c1-3-5-6-10-13(9-4-2)11-7-8-12-14/h4,9,13-14H,3,5-8,10-12H2,1-2H3/b9-4+. The van der Waals surface area contributed by atoms with Gasteiger partial charge in [0.1, 0.15) is 0 Å². The van der Waals surface area contributed by atoms with E-state index < -0.39 is 0 Å². The summed E-state index contributed by atoms with van der Waals surface area (Å²) in [7, 11) is 0. The summed E-state index contributed by atoms with van der Waals surface area (Å²) in [5.41, 5.74) is 0. The number of allylic oxidation sites excluding steroid dienone is 2. The molecule has 0 fully saturated rings. The van der Waals surface area contributed by atoms with Crippen LogP contribution in [0.2, 0.25) is 0 Å². The minimum atomic E-state index is 0.345. The van der Waals surface area contributed by atoms with Crippen LogP contribution in [0.25, 0.3) is 0 Å². The van der Waals surface area contributed by atoms with Crippen molar-refractivity contribution in [2.45, 2.75) is 58.8 Å². The summed E-state index contributed by atoms with van der Waals surface area (Å²) in [4.78, 5) is 0. The minimum absolute atomic E-state index is 0.345. The van der Waals surface area contributed by atoms with E-state index in [-0.39, 0.29) is 0 Å². The predicted molar refractivity (Wildman–Crippen MR) is 63.4 cm³/mol. The van der Waals surface area contributed by atoms with Crippen molar-refractivity contribution in [2.24, 2.45) is 5.92 Å². The molecule has 0 radical (unpaired) electrons. The van der Waals surface area contributed by atoms with E-state index >= 15 is 0 Å². The Bertz CT molecular complexity index is 119. The van der Waals surface area contributed by atoms with E-state index in [0.717, 1.165) is 18.8 Å². The summed E-state index contributed by atoms with van der Waals surface area (Å²) in [6.07, 6.45) is 13.2. The Morgan fingerprint density at radius 2 is 1.71 bits per heavy atom. The third kappa shape index (κ3) is 8.31. The quantitative estimate of drug-likeness (QED) is 0.440. The lowest BCUT2D eigenvalue weighted by atomic mass is 9.95. The number of aliphatic hydroxyl groups excluding tert-OH is 1. The van der Waals surface area contributed by atoms with Gasteiger partial charge in [0.2, 0.25) is 0 Å². The number of rotatable bonds is 9. The third-order valence-corrected chi connectivity index (χ3v) is 2.63. The molecule has 0 saturated heterocycles. The van der Waals surface area contributed by atoms with E-state index in [1.807, 2.05) is 0 Å². The molecular formula is C13H26O. The Labute approximate surface area is 89.2 Å². The summed E-state index contributed by atoms with van der Waals surface area (Å²) >= 11 is 0. The summed E-state index contributed by atoms with van der Waals surface area (Å²) in [5.74, 6) is 0.748. The summed E-state index contributed by atoms with van der Waals surface area (Å²) in [5, 5.41) is 8.71. The smallest absolute Gasteiger partial charge is 0.0431 e. The predicted octanol–water partition coefficient (Wildman–Crippen LogP) is 3.92. The average Bonchev–Trinajstić information content (AvgIpc) is 2.18. The topological polar surface area (TPSA) is 20.2 Å². The van der Waals surface area contributed by atoms with Crippen molar-refractivity contribution in [3.8, 4) is 0 Å². The molecule has 0 aromatic rings. The maximum absolute atomic E-state index is 8.71. The van der Waals surface area contributed by atoms with Gasteiger partial charge in [-0.1, -0.05) is 44.8 Å². The molecule has 0 heterocycles. The van der Waals surface area contributed by atoms with E-state index in [1.165, 1.54) is 32.1 Å². The SMILES string of the molecule is C/C=C/C(CCCCC)CCCCO. The van der Waals surface area contributed by atoms with Crippen LogP contribution in [0, 0.1) is 5.92 Å². The highest BCUT2D eigenvalue weighted by Crippen LogP contribution is 2.18. The van der Waals surface area contributed by atoms with E-state index in [1.54, 1.807) is 0 Å². The number of hydrogen-bond donors (Lipinski definition) is 1. The lowest BCUT2D eigenvalue weighted by Gasteiger charge is -2.11. The Morgan fingerprint density at radius 1 is 1.07 bits per heavy atom. The van der Waals surface area contributed by atoms with Crippen molar-refractivity contribution in [1.82, 2.24) is 0 Å². The fraction of sp³-hybridized carbons (Fsp3) is 0.846. The fourth-order valence-corrected chi connectivity index (χ4v) is 1.78. The monoisotopic (exact) mass is 198 g/mol. The molecule has 14 heavy (non-hydrogen) atoms. The molecule has 1 atom stereocenters. The zero-order valence-corrected chi connectivity index (χ0v) is 9.84. The molecular weight excluding hydrogens is 172 g/mol. The second kappa shape index (κ2) is 10.8. The van der Waals surface area contributed by atoms with Crippen molar-refractivity contribution in [3.63, 3.8) is 0 Å². The lowest BCUT2D eigenvalue weighted by Crippen LogP contribution is -1.97. The van der Waals surface area contributed by atoms with Gasteiger partial charge in [0.05, 0.1) is 0 Å². The number of unbranched alkanes of at least 4 members (excludes halogenated alkanes) is 3. The van der Waals surface area contributed by atoms with Crippen LogP contribution in [0.1, 0.15) is 58.8 Å². The molecule has 0 aliphatic carbocycles. The molecule has 0 bridgehead atoms. The van der Waals surface area contributed by atoms with Gasteiger partial charge in [0.15, 0.2) is 0 Å². The second-order valence-corrected chi connectivity index (χ2v) is 4.00. The molecule has 0 spiro atoms. The molecule has 0 amide bonds. The van der Waals surface area contributed by atoms with Gasteiger partial charge < -0.3 is 5.11 Å². The molecule has 0 rings (SSSR count). The first kappa shape index (κ1) is 13.7. The highest BCUT2D eigenvalue weighted by Gasteiger charge is 2.03. The molecule has 1 nitrogen and oxygen atoms in total. The summed E-state index contributed by atoms with van der Waals surface area (Å²) < 4.78 is 0. The van der Waals surface area contributed by atoms with E-state index in [4.69, 9.17) is 5.11 Å². The lowest BCUT2D eigenvalue weighted by molar-refractivity contribution is 0.279. The van der Waals surface area contributed by atoms with E-state index in [9.17, 15) is 0 Å². The van der Waals surface area contributed by atoms with Gasteiger partial charge in [-0.3, -0.25) is 0 Å². The van der Waals surface area contributed by atoms with E-state index in [0.29, 0.717) is 6.61 Å². The molecule has 1 N–H and O–H groups in total. The van der Waals surface area contributed by atoms with Gasteiger partial charge in [-0.05, 0) is 32.1 Å². The maximum atomic E-state index is 8.71. The molecule has 84 valence electrons. The van der Waals surface area contributed by atoms with Crippen LogP contribution in [0.4, 0.5) is 0 Å². The van der Waals surface area contributed by atoms with Gasteiger partial charge in [-0.2, -0.15) is 0 Å². The zero-order chi connectivity index (χ0) is 10.6. The average molecular weight is 198 g/mol. The van der Waals surface area contributed by atoms with Crippen molar-refractivity contribution in [2.75, 3.05) is 6.61 Å². The Kier molecular flexibility index (Phi) is 10.5. The number of aliphatic hydroxyl groups is 1. The van der Waals surface area contributed by atoms with Crippen molar-refractivity contribution >= 4 is 0 Å². The Hall–Kier alpha value is -0.300. The molecule has 0 aliphatic heterocycles. The van der Waals surface area contributed by atoms with Gasteiger partial charge in [0.25, 0.3) is 0 Å². The van der Waals surface area contributed by atoms with Gasteiger partial charge >= 0.3 is 0 Å². The fourth-order valence-electron chi connectivity index (χ4n) is 1.78. The summed E-state index contributed by atoms with van der Waals surface area (Å²) in [6, 6.07) is 0. The first-order valence-corrected chi connectivity index (χ1v) is 6.08. The molecule has 0 aliphatic rings. The van der Waals surface area contributed by atoms with Gasteiger partial charge in [-0.25, -0.2) is 0 Å². The maximum Gasteiger partial charge on any atom is 0.0431 e. The van der Waals surface area contributed by atoms with Crippen LogP contribution < -0.4 is 0 Å². The van der Waals surface area contributed by atoms with Crippen LogP contribution in [0.5, 0.6) is 0 Å². The number of hydrogen-bond acceptors (Lipinski definition) is 1. The van der Waals surface area contributed by atoms with Crippen LogP contribution >= 0.6 is 0 Å². The molecule has 0 saturated carbocycles. The van der Waals surface area contributed by atoms with Gasteiger partial charge in [0, 0.05) is 6.61 Å². The van der Waals surface area contributed by atoms with Gasteiger partial charge in [-0.15, -0.1) is 0 Å². The molecule has 1 heteroatoms. The van der Waals surface area contributed by atoms with Crippen molar-refractivity contribution < 1.29 is 5.11 Å². The molecule has 1 unspecified atom stereocenters. The highest BCUT2D eigenvalue weighted by atomic mass is 16.2. The molecule has 0 aromatic heterocycles. The third-order valence-electron chi connectivity index (χ3n) is 2.63. The van der Waals surface area contributed by atoms with Crippen LogP contribution in [0.15, 0.2) is 12.2 Å². The largest absolute Gasteiger partial charge is 0.396 e. The Morgan fingerprint density at radius 3 is 2.21 bits per heavy atom.